The van der Waals surface area contributed by atoms with E-state index in [0.29, 0.717) is 10.9 Å². The van der Waals surface area contributed by atoms with E-state index >= 15 is 0 Å². The monoisotopic (exact) mass is 365 g/mol. The van der Waals surface area contributed by atoms with Crippen molar-refractivity contribution in [3.8, 4) is 16.9 Å². The van der Waals surface area contributed by atoms with Crippen LogP contribution >= 0.6 is 23.2 Å². The van der Waals surface area contributed by atoms with Gasteiger partial charge < -0.3 is 4.74 Å². The Morgan fingerprint density at radius 1 is 1.17 bits per heavy atom. The van der Waals surface area contributed by atoms with Gasteiger partial charge in [-0.2, -0.15) is 0 Å². The zero-order valence-electron chi connectivity index (χ0n) is 13.7. The summed E-state index contributed by atoms with van der Waals surface area (Å²) in [6.07, 6.45) is 2.55. The standard InChI is InChI=1S/C19H18Cl2FNO/c1-4-5-18(20)23-19(21)16-10-14(11-17(24-3)12(16)2)13-6-8-15(22)9-7-13/h5-11H,4H2,1-3H3/b18-5+,23-19+. The van der Waals surface area contributed by atoms with Gasteiger partial charge in [0, 0.05) is 11.1 Å². The molecule has 2 aromatic rings. The molecule has 0 heterocycles. The van der Waals surface area contributed by atoms with Gasteiger partial charge in [-0.25, -0.2) is 9.38 Å². The van der Waals surface area contributed by atoms with Crippen molar-refractivity contribution < 1.29 is 9.13 Å². The van der Waals surface area contributed by atoms with Crippen LogP contribution in [0.4, 0.5) is 4.39 Å². The Morgan fingerprint density at radius 2 is 1.83 bits per heavy atom. The average Bonchev–Trinajstić information content (AvgIpc) is 2.56. The number of ether oxygens (including phenoxy) is 1. The van der Waals surface area contributed by atoms with Crippen molar-refractivity contribution in [1.82, 2.24) is 0 Å². The molecule has 5 heteroatoms. The van der Waals surface area contributed by atoms with E-state index in [2.05, 4.69) is 4.99 Å². The summed E-state index contributed by atoms with van der Waals surface area (Å²) in [5, 5.41) is 0.623. The van der Waals surface area contributed by atoms with E-state index in [4.69, 9.17) is 27.9 Å². The highest BCUT2D eigenvalue weighted by molar-refractivity contribution is 6.70. The van der Waals surface area contributed by atoms with Gasteiger partial charge in [-0.1, -0.05) is 42.3 Å². The van der Waals surface area contributed by atoms with Crippen molar-refractivity contribution in [2.45, 2.75) is 20.3 Å². The molecule has 0 unspecified atom stereocenters. The molecule has 0 N–H and O–H groups in total. The zero-order chi connectivity index (χ0) is 17.7. The molecule has 0 spiro atoms. The maximum absolute atomic E-state index is 13.1. The molecular formula is C19H18Cl2FNO. The van der Waals surface area contributed by atoms with Crippen LogP contribution in [0.15, 0.2) is 52.6 Å². The van der Waals surface area contributed by atoms with Crippen LogP contribution in [0.5, 0.6) is 5.75 Å². The number of aliphatic imine (C=N–C) groups is 1. The molecule has 126 valence electrons. The fourth-order valence-corrected chi connectivity index (χ4v) is 2.86. The third-order valence-corrected chi connectivity index (χ3v) is 4.08. The predicted molar refractivity (Wildman–Crippen MR) is 99.7 cm³/mol. The van der Waals surface area contributed by atoms with E-state index < -0.39 is 0 Å². The van der Waals surface area contributed by atoms with Crippen LogP contribution in [0.2, 0.25) is 0 Å². The van der Waals surface area contributed by atoms with Crippen molar-refractivity contribution in [1.29, 1.82) is 0 Å². The van der Waals surface area contributed by atoms with Crippen LogP contribution in [0, 0.1) is 12.7 Å². The molecule has 0 bridgehead atoms. The highest BCUT2D eigenvalue weighted by Crippen LogP contribution is 2.31. The fraction of sp³-hybridized carbons (Fsp3) is 0.211. The second-order valence-corrected chi connectivity index (χ2v) is 5.94. The highest BCUT2D eigenvalue weighted by atomic mass is 35.5. The molecular weight excluding hydrogens is 348 g/mol. The minimum absolute atomic E-state index is 0.282. The van der Waals surface area contributed by atoms with Crippen molar-refractivity contribution in [3.63, 3.8) is 0 Å². The molecule has 0 amide bonds. The minimum atomic E-state index is -0.283. The summed E-state index contributed by atoms with van der Waals surface area (Å²) in [7, 11) is 1.59. The Bertz CT molecular complexity index is 783. The molecule has 0 saturated carbocycles. The third-order valence-electron chi connectivity index (χ3n) is 3.56. The van der Waals surface area contributed by atoms with Gasteiger partial charge >= 0.3 is 0 Å². The highest BCUT2D eigenvalue weighted by Gasteiger charge is 2.13. The summed E-state index contributed by atoms with van der Waals surface area (Å²) < 4.78 is 18.6. The van der Waals surface area contributed by atoms with Crippen molar-refractivity contribution >= 4 is 28.4 Å². The third kappa shape index (κ3) is 4.37. The van der Waals surface area contributed by atoms with Crippen LogP contribution in [-0.2, 0) is 0 Å². The first-order valence-electron chi connectivity index (χ1n) is 7.51. The van der Waals surface area contributed by atoms with Gasteiger partial charge in [0.2, 0.25) is 0 Å². The number of hydrogen-bond acceptors (Lipinski definition) is 2. The summed E-state index contributed by atoms with van der Waals surface area (Å²) in [4.78, 5) is 4.22. The maximum Gasteiger partial charge on any atom is 0.138 e. The summed E-state index contributed by atoms with van der Waals surface area (Å²) in [6, 6.07) is 10.0. The van der Waals surface area contributed by atoms with E-state index in [1.54, 1.807) is 25.3 Å². The molecule has 0 radical (unpaired) electrons. The number of methoxy groups -OCH3 is 1. The number of hydrogen-bond donors (Lipinski definition) is 0. The van der Waals surface area contributed by atoms with E-state index in [0.717, 1.165) is 28.7 Å². The Balaban J connectivity index is 2.57. The van der Waals surface area contributed by atoms with Gasteiger partial charge in [0.25, 0.3) is 0 Å². The first-order chi connectivity index (χ1) is 11.5. The summed E-state index contributed by atoms with van der Waals surface area (Å²) in [6.45, 7) is 3.87. The number of rotatable bonds is 5. The summed E-state index contributed by atoms with van der Waals surface area (Å²) >= 11 is 12.4. The Kier molecular flexibility index (Phi) is 6.41. The van der Waals surface area contributed by atoms with Gasteiger partial charge in [-0.3, -0.25) is 0 Å². The van der Waals surface area contributed by atoms with Gasteiger partial charge in [0.05, 0.1) is 7.11 Å². The van der Waals surface area contributed by atoms with Gasteiger partial charge in [0.15, 0.2) is 0 Å². The van der Waals surface area contributed by atoms with Gasteiger partial charge in [-0.15, -0.1) is 0 Å². The lowest BCUT2D eigenvalue weighted by Crippen LogP contribution is -2.00. The molecule has 0 aliphatic carbocycles. The summed E-state index contributed by atoms with van der Waals surface area (Å²) in [5.74, 6) is 0.393. The molecule has 2 rings (SSSR count). The Morgan fingerprint density at radius 3 is 2.42 bits per heavy atom. The molecule has 24 heavy (non-hydrogen) atoms. The molecule has 2 aromatic carbocycles. The maximum atomic E-state index is 13.1. The van der Waals surface area contributed by atoms with Crippen LogP contribution < -0.4 is 4.74 Å². The first-order valence-corrected chi connectivity index (χ1v) is 8.26. The van der Waals surface area contributed by atoms with E-state index in [1.165, 1.54) is 12.1 Å². The zero-order valence-corrected chi connectivity index (χ0v) is 15.2. The molecule has 0 aliphatic rings. The molecule has 2 nitrogen and oxygen atoms in total. The second kappa shape index (κ2) is 8.32. The number of nitrogens with zero attached hydrogens (tertiary/aromatic N) is 1. The van der Waals surface area contributed by atoms with E-state index in [1.807, 2.05) is 26.0 Å². The second-order valence-electron chi connectivity index (χ2n) is 5.20. The van der Waals surface area contributed by atoms with Gasteiger partial charge in [0.1, 0.15) is 21.9 Å². The quantitative estimate of drug-likeness (QED) is 0.450. The smallest absolute Gasteiger partial charge is 0.138 e. The normalized spacial score (nSPS) is 12.4. The van der Waals surface area contributed by atoms with Crippen molar-refractivity contribution in [2.75, 3.05) is 7.11 Å². The van der Waals surface area contributed by atoms with Crippen molar-refractivity contribution in [3.05, 3.63) is 64.6 Å². The molecule has 0 atom stereocenters. The lowest BCUT2D eigenvalue weighted by atomic mass is 9.99. The number of benzene rings is 2. The van der Waals surface area contributed by atoms with Crippen molar-refractivity contribution in [2.24, 2.45) is 4.99 Å². The Labute approximate surface area is 151 Å². The van der Waals surface area contributed by atoms with Crippen LogP contribution in [-0.4, -0.2) is 12.3 Å². The van der Waals surface area contributed by atoms with Gasteiger partial charge in [-0.05, 0) is 54.8 Å². The molecule has 0 fully saturated rings. The first kappa shape index (κ1) is 18.5. The van der Waals surface area contributed by atoms with E-state index in [9.17, 15) is 4.39 Å². The lowest BCUT2D eigenvalue weighted by Gasteiger charge is -2.13. The number of allylic oxidation sites excluding steroid dienone is 1. The molecule has 0 aliphatic heterocycles. The summed E-state index contributed by atoms with van der Waals surface area (Å²) in [5.41, 5.74) is 3.29. The SMILES string of the molecule is CC/C=C(Cl)/N=C(/Cl)c1cc(-c2ccc(F)cc2)cc(OC)c1C. The largest absolute Gasteiger partial charge is 0.496 e. The molecule has 0 saturated heterocycles. The molecule has 0 aromatic heterocycles. The fourth-order valence-electron chi connectivity index (χ4n) is 2.29. The Hall–Kier alpha value is -1.84. The van der Waals surface area contributed by atoms with E-state index in [-0.39, 0.29) is 11.0 Å². The van der Waals surface area contributed by atoms with Crippen LogP contribution in [0.3, 0.4) is 0 Å². The van der Waals surface area contributed by atoms with Crippen LogP contribution in [0.1, 0.15) is 24.5 Å². The topological polar surface area (TPSA) is 21.6 Å². The number of halogens is 3. The van der Waals surface area contributed by atoms with Crippen LogP contribution in [0.25, 0.3) is 11.1 Å². The minimum Gasteiger partial charge on any atom is -0.496 e. The lowest BCUT2D eigenvalue weighted by molar-refractivity contribution is 0.412. The average molecular weight is 366 g/mol. The predicted octanol–water partition coefficient (Wildman–Crippen LogP) is 6.29.